The van der Waals surface area contributed by atoms with Crippen LogP contribution in [-0.4, -0.2) is 30.6 Å². The van der Waals surface area contributed by atoms with Crippen molar-refractivity contribution < 1.29 is 32.2 Å². The van der Waals surface area contributed by atoms with Gasteiger partial charge in [0.05, 0.1) is 31.4 Å². The molecule has 4 rings (SSSR count). The smallest absolute Gasteiger partial charge is 0.416 e. The topological polar surface area (TPSA) is 93.9 Å². The number of halogens is 5. The average Bonchev–Trinajstić information content (AvgIpc) is 3.26. The second-order valence-corrected chi connectivity index (χ2v) is 9.60. The van der Waals surface area contributed by atoms with Gasteiger partial charge in [0.25, 0.3) is 5.91 Å². The number of rotatable bonds is 6. The maximum absolute atomic E-state index is 13.6. The van der Waals surface area contributed by atoms with Gasteiger partial charge in [-0.1, -0.05) is 53.5 Å². The van der Waals surface area contributed by atoms with Crippen LogP contribution in [0.2, 0.25) is 10.0 Å². The second-order valence-electron chi connectivity index (χ2n) is 8.73. The highest BCUT2D eigenvalue weighted by Gasteiger charge is 2.61. The highest BCUT2D eigenvalue weighted by atomic mass is 35.5. The van der Waals surface area contributed by atoms with Crippen LogP contribution in [-0.2, 0) is 21.4 Å². The number of hydrogen-bond donors (Lipinski definition) is 2. The van der Waals surface area contributed by atoms with Crippen LogP contribution in [0.5, 0.6) is 5.75 Å². The molecule has 0 aliphatic carbocycles. The molecule has 3 aromatic carbocycles. The fourth-order valence-corrected chi connectivity index (χ4v) is 5.07. The molecule has 1 aliphatic rings. The third kappa shape index (κ3) is 5.24. The van der Waals surface area contributed by atoms with Crippen LogP contribution in [0.15, 0.2) is 66.7 Å². The first-order valence-electron chi connectivity index (χ1n) is 11.7. The molecule has 3 aromatic rings. The van der Waals surface area contributed by atoms with Crippen LogP contribution >= 0.6 is 23.2 Å². The van der Waals surface area contributed by atoms with Gasteiger partial charge in [-0.2, -0.15) is 13.2 Å². The van der Waals surface area contributed by atoms with Crippen molar-refractivity contribution in [2.75, 3.05) is 13.7 Å². The molecule has 0 radical (unpaired) electrons. The highest BCUT2D eigenvalue weighted by Crippen LogP contribution is 2.51. The first kappa shape index (κ1) is 28.5. The minimum absolute atomic E-state index is 0.0252. The molecule has 12 heteroatoms. The van der Waals surface area contributed by atoms with E-state index in [1.807, 2.05) is 0 Å². The number of hydrogen-bond acceptors (Lipinski definition) is 5. The number of alkyl halides is 3. The fourth-order valence-electron chi connectivity index (χ4n) is 4.82. The van der Waals surface area contributed by atoms with E-state index in [0.717, 1.165) is 30.2 Å². The Balaban J connectivity index is 2.04. The molecule has 39 heavy (non-hydrogen) atoms. The quantitative estimate of drug-likeness (QED) is 0.361. The van der Waals surface area contributed by atoms with Crippen LogP contribution in [0.25, 0.3) is 0 Å². The molecule has 7 nitrogen and oxygen atoms in total. The van der Waals surface area contributed by atoms with Gasteiger partial charge in [0.15, 0.2) is 0 Å². The number of nitrogens with one attached hydrogen (secondary N) is 1. The van der Waals surface area contributed by atoms with Crippen molar-refractivity contribution in [3.63, 3.8) is 0 Å². The SMILES string of the molecule is CCOc1cc(C(F)(F)F)ccc1C1(C(N)=O)NC(c2ccc(Cl)cc2)C(c2ccc(Cl)cc2)N1C(=O)OC. The zero-order chi connectivity index (χ0) is 28.5. The van der Waals surface area contributed by atoms with Gasteiger partial charge in [0, 0.05) is 15.6 Å². The largest absolute Gasteiger partial charge is 0.493 e. The number of amides is 2. The molecular weight excluding hydrogens is 558 g/mol. The number of nitrogens with two attached hydrogens (primary N) is 1. The monoisotopic (exact) mass is 581 g/mol. The van der Waals surface area contributed by atoms with Crippen molar-refractivity contribution in [1.29, 1.82) is 0 Å². The molecule has 206 valence electrons. The Labute approximate surface area is 232 Å². The molecule has 2 amide bonds. The molecule has 1 fully saturated rings. The number of primary amides is 1. The standard InChI is InChI=1S/C27H24Cl2F3N3O4/c1-3-39-21-14-17(27(30,31)32)8-13-20(21)26(24(33)36)34-22(15-4-9-18(28)10-5-15)23(35(26)25(37)38-2)16-6-11-19(29)12-7-16/h4-14,22-23,34H,3H2,1-2H3,(H2,33,36). The number of nitrogens with zero attached hydrogens (tertiary/aromatic N) is 1. The van der Waals surface area contributed by atoms with Gasteiger partial charge in [-0.05, 0) is 54.4 Å². The number of benzene rings is 3. The van der Waals surface area contributed by atoms with E-state index in [1.165, 1.54) is 0 Å². The third-order valence-corrected chi connectivity index (χ3v) is 6.99. The van der Waals surface area contributed by atoms with Gasteiger partial charge in [0.2, 0.25) is 5.66 Å². The Morgan fingerprint density at radius 2 is 1.56 bits per heavy atom. The summed E-state index contributed by atoms with van der Waals surface area (Å²) in [5.74, 6) is -1.34. The van der Waals surface area contributed by atoms with Crippen molar-refractivity contribution in [3.8, 4) is 5.75 Å². The predicted molar refractivity (Wildman–Crippen MR) is 139 cm³/mol. The van der Waals surface area contributed by atoms with Gasteiger partial charge in [-0.15, -0.1) is 0 Å². The van der Waals surface area contributed by atoms with Crippen molar-refractivity contribution in [1.82, 2.24) is 10.2 Å². The summed E-state index contributed by atoms with van der Waals surface area (Å²) in [7, 11) is 1.12. The molecule has 0 spiro atoms. The van der Waals surface area contributed by atoms with Crippen molar-refractivity contribution in [3.05, 3.63) is 99.0 Å². The molecule has 0 bridgehead atoms. The zero-order valence-electron chi connectivity index (χ0n) is 20.8. The first-order chi connectivity index (χ1) is 18.4. The Kier molecular flexibility index (Phi) is 8.02. The highest BCUT2D eigenvalue weighted by molar-refractivity contribution is 6.30. The van der Waals surface area contributed by atoms with Crippen molar-refractivity contribution in [2.24, 2.45) is 5.73 Å². The summed E-state index contributed by atoms with van der Waals surface area (Å²) in [6.07, 6.45) is -5.65. The summed E-state index contributed by atoms with van der Waals surface area (Å²) in [5, 5.41) is 4.04. The van der Waals surface area contributed by atoms with E-state index < -0.39 is 41.5 Å². The Morgan fingerprint density at radius 1 is 1.00 bits per heavy atom. The molecule has 3 unspecified atom stereocenters. The van der Waals surface area contributed by atoms with E-state index in [2.05, 4.69) is 5.32 Å². The van der Waals surface area contributed by atoms with E-state index in [9.17, 15) is 22.8 Å². The predicted octanol–water partition coefficient (Wildman–Crippen LogP) is 6.20. The summed E-state index contributed by atoms with van der Waals surface area (Å²) >= 11 is 12.2. The Morgan fingerprint density at radius 3 is 2.05 bits per heavy atom. The molecule has 3 atom stereocenters. The fraction of sp³-hybridized carbons (Fsp3) is 0.259. The number of ether oxygens (including phenoxy) is 2. The van der Waals surface area contributed by atoms with E-state index in [4.69, 9.17) is 38.4 Å². The van der Waals surface area contributed by atoms with E-state index in [-0.39, 0.29) is 17.9 Å². The first-order valence-corrected chi connectivity index (χ1v) is 12.5. The summed E-state index contributed by atoms with van der Waals surface area (Å²) in [5.41, 5.74) is 3.88. The lowest BCUT2D eigenvalue weighted by Gasteiger charge is -2.38. The van der Waals surface area contributed by atoms with Crippen LogP contribution < -0.4 is 15.8 Å². The van der Waals surface area contributed by atoms with Crippen LogP contribution in [0, 0.1) is 0 Å². The van der Waals surface area contributed by atoms with Gasteiger partial charge in [-0.25, -0.2) is 4.79 Å². The normalized spacial score (nSPS) is 21.1. The number of carbonyl (C=O) groups is 2. The van der Waals surface area contributed by atoms with Crippen molar-refractivity contribution in [2.45, 2.75) is 30.8 Å². The van der Waals surface area contributed by atoms with Crippen LogP contribution in [0.1, 0.15) is 41.3 Å². The molecule has 1 saturated heterocycles. The Bertz CT molecular complexity index is 1370. The van der Waals surface area contributed by atoms with E-state index in [1.54, 1.807) is 55.5 Å². The summed E-state index contributed by atoms with van der Waals surface area (Å²) in [6.45, 7) is 1.55. The van der Waals surface area contributed by atoms with E-state index in [0.29, 0.717) is 21.2 Å². The Hall–Kier alpha value is -3.47. The lowest BCUT2D eigenvalue weighted by Crippen LogP contribution is -2.60. The third-order valence-electron chi connectivity index (χ3n) is 6.49. The van der Waals surface area contributed by atoms with Crippen molar-refractivity contribution >= 4 is 35.2 Å². The number of methoxy groups -OCH3 is 1. The molecule has 1 aliphatic heterocycles. The van der Waals surface area contributed by atoms with Crippen LogP contribution in [0.4, 0.5) is 18.0 Å². The van der Waals surface area contributed by atoms with Gasteiger partial charge in [0.1, 0.15) is 5.75 Å². The zero-order valence-corrected chi connectivity index (χ0v) is 22.3. The van der Waals surface area contributed by atoms with Gasteiger partial charge < -0.3 is 15.2 Å². The maximum Gasteiger partial charge on any atom is 0.416 e. The average molecular weight is 582 g/mol. The molecule has 3 N–H and O–H groups in total. The summed E-state index contributed by atoms with van der Waals surface area (Å²) in [6, 6.07) is 14.1. The number of carbonyl (C=O) groups excluding carboxylic acids is 2. The summed E-state index contributed by atoms with van der Waals surface area (Å²) in [4.78, 5) is 28.0. The van der Waals surface area contributed by atoms with Gasteiger partial charge >= 0.3 is 12.3 Å². The molecule has 0 saturated carbocycles. The van der Waals surface area contributed by atoms with Gasteiger partial charge in [-0.3, -0.25) is 15.0 Å². The minimum Gasteiger partial charge on any atom is -0.493 e. The lowest BCUT2D eigenvalue weighted by molar-refractivity contribution is -0.137. The van der Waals surface area contributed by atoms with Crippen LogP contribution in [0.3, 0.4) is 0 Å². The summed E-state index contributed by atoms with van der Waals surface area (Å²) < 4.78 is 51.4. The maximum atomic E-state index is 13.6. The molecule has 1 heterocycles. The molecule has 0 aromatic heterocycles. The molecular formula is C27H24Cl2F3N3O4. The lowest BCUT2D eigenvalue weighted by atomic mass is 9.93. The second kappa shape index (κ2) is 11.0. The minimum atomic E-state index is -4.69. The van der Waals surface area contributed by atoms with E-state index >= 15 is 0 Å².